The third kappa shape index (κ3) is 2.12. The number of hydrogen-bond donors (Lipinski definition) is 1. The molecule has 1 saturated heterocycles. The quantitative estimate of drug-likeness (QED) is 0.748. The summed E-state index contributed by atoms with van der Waals surface area (Å²) in [5.74, 6) is 0. The molecular weight excluding hydrogens is 172 g/mol. The van der Waals surface area contributed by atoms with Crippen molar-refractivity contribution in [3.05, 3.63) is 0 Å². The normalized spacial score (nSPS) is 32.6. The lowest BCUT2D eigenvalue weighted by atomic mass is 9.74. The lowest BCUT2D eigenvalue weighted by Crippen LogP contribution is -2.55. The maximum Gasteiger partial charge on any atom is 0.0230 e. The predicted octanol–water partition coefficient (Wildman–Crippen LogP) is 1.99. The van der Waals surface area contributed by atoms with Gasteiger partial charge in [-0.3, -0.25) is 4.90 Å². The van der Waals surface area contributed by atoms with Crippen LogP contribution in [0, 0.1) is 5.41 Å². The zero-order valence-electron chi connectivity index (χ0n) is 9.47. The Balaban J connectivity index is 1.83. The largest absolute Gasteiger partial charge is 0.329 e. The Morgan fingerprint density at radius 2 is 2.00 bits per heavy atom. The third-order valence-corrected chi connectivity index (χ3v) is 4.18. The Morgan fingerprint density at radius 3 is 2.50 bits per heavy atom. The van der Waals surface area contributed by atoms with Gasteiger partial charge in [-0.1, -0.05) is 26.2 Å². The molecule has 0 amide bonds. The van der Waals surface area contributed by atoms with Gasteiger partial charge >= 0.3 is 0 Å². The van der Waals surface area contributed by atoms with Crippen LogP contribution in [0.2, 0.25) is 0 Å². The molecule has 1 heterocycles. The highest BCUT2D eigenvalue weighted by Crippen LogP contribution is 2.38. The first-order chi connectivity index (χ1) is 6.73. The Kier molecular flexibility index (Phi) is 3.13. The van der Waals surface area contributed by atoms with Crippen LogP contribution in [0.4, 0.5) is 0 Å². The van der Waals surface area contributed by atoms with Crippen molar-refractivity contribution in [2.24, 2.45) is 11.1 Å². The second-order valence-electron chi connectivity index (χ2n) is 5.52. The van der Waals surface area contributed by atoms with Crippen LogP contribution in [0.25, 0.3) is 0 Å². The van der Waals surface area contributed by atoms with Gasteiger partial charge in [-0.25, -0.2) is 0 Å². The topological polar surface area (TPSA) is 29.3 Å². The van der Waals surface area contributed by atoms with Crippen molar-refractivity contribution in [2.75, 3.05) is 19.6 Å². The van der Waals surface area contributed by atoms with Gasteiger partial charge in [0.05, 0.1) is 0 Å². The number of rotatable bonds is 3. The molecule has 2 rings (SSSR count). The van der Waals surface area contributed by atoms with Crippen LogP contribution in [0.3, 0.4) is 0 Å². The van der Waals surface area contributed by atoms with Gasteiger partial charge in [0.2, 0.25) is 0 Å². The van der Waals surface area contributed by atoms with Crippen LogP contribution in [-0.4, -0.2) is 30.6 Å². The monoisotopic (exact) mass is 196 g/mol. The number of likely N-dealkylation sites (tertiary alicyclic amines) is 1. The maximum absolute atomic E-state index is 5.73. The Bertz CT molecular complexity index is 183. The zero-order chi connectivity index (χ0) is 10.0. The molecule has 2 fully saturated rings. The van der Waals surface area contributed by atoms with Crippen molar-refractivity contribution in [3.63, 3.8) is 0 Å². The molecule has 1 saturated carbocycles. The first-order valence-corrected chi connectivity index (χ1v) is 6.18. The van der Waals surface area contributed by atoms with Crippen LogP contribution in [0.15, 0.2) is 0 Å². The smallest absolute Gasteiger partial charge is 0.0230 e. The fourth-order valence-electron chi connectivity index (χ4n) is 3.02. The minimum Gasteiger partial charge on any atom is -0.329 e. The van der Waals surface area contributed by atoms with E-state index in [1.54, 1.807) is 0 Å². The van der Waals surface area contributed by atoms with Crippen LogP contribution >= 0.6 is 0 Å². The Hall–Kier alpha value is -0.0800. The van der Waals surface area contributed by atoms with Gasteiger partial charge in [0.25, 0.3) is 0 Å². The molecule has 0 radical (unpaired) electrons. The van der Waals surface area contributed by atoms with Gasteiger partial charge in [-0.15, -0.1) is 0 Å². The highest BCUT2D eigenvalue weighted by Gasteiger charge is 2.34. The van der Waals surface area contributed by atoms with E-state index in [9.17, 15) is 0 Å². The maximum atomic E-state index is 5.73. The minimum atomic E-state index is 0.603. The highest BCUT2D eigenvalue weighted by molar-refractivity contribution is 4.89. The molecule has 82 valence electrons. The minimum absolute atomic E-state index is 0.603. The van der Waals surface area contributed by atoms with Crippen LogP contribution in [0.5, 0.6) is 0 Å². The molecule has 0 bridgehead atoms. The SMILES string of the molecule is CC1(CN2CCC2CN)CCCCC1. The van der Waals surface area contributed by atoms with Crippen LogP contribution in [0.1, 0.15) is 45.4 Å². The number of hydrogen-bond acceptors (Lipinski definition) is 2. The molecular formula is C12H24N2. The van der Waals surface area contributed by atoms with E-state index in [4.69, 9.17) is 5.73 Å². The summed E-state index contributed by atoms with van der Waals surface area (Å²) < 4.78 is 0. The van der Waals surface area contributed by atoms with E-state index in [1.807, 2.05) is 0 Å². The standard InChI is InChI=1S/C12H24N2/c1-12(6-3-2-4-7-12)10-14-8-5-11(14)9-13/h11H,2-10,13H2,1H3. The lowest BCUT2D eigenvalue weighted by Gasteiger charge is -2.47. The average molecular weight is 196 g/mol. The molecule has 0 aromatic rings. The van der Waals surface area contributed by atoms with Gasteiger partial charge in [-0.05, 0) is 24.7 Å². The summed E-state index contributed by atoms with van der Waals surface area (Å²) in [6.07, 6.45) is 8.53. The molecule has 1 unspecified atom stereocenters. The van der Waals surface area contributed by atoms with Crippen molar-refractivity contribution < 1.29 is 0 Å². The first kappa shape index (κ1) is 10.4. The summed E-state index contributed by atoms with van der Waals surface area (Å²) in [7, 11) is 0. The summed E-state index contributed by atoms with van der Waals surface area (Å²) in [6.45, 7) is 5.92. The summed E-state index contributed by atoms with van der Waals surface area (Å²) in [5, 5.41) is 0. The predicted molar refractivity (Wildman–Crippen MR) is 60.2 cm³/mol. The van der Waals surface area contributed by atoms with Crippen molar-refractivity contribution in [1.82, 2.24) is 4.90 Å². The highest BCUT2D eigenvalue weighted by atomic mass is 15.2. The van der Waals surface area contributed by atoms with E-state index in [2.05, 4.69) is 11.8 Å². The summed E-state index contributed by atoms with van der Waals surface area (Å²) in [6, 6.07) is 0.703. The van der Waals surface area contributed by atoms with E-state index in [-0.39, 0.29) is 0 Å². The molecule has 2 nitrogen and oxygen atoms in total. The molecule has 2 heteroatoms. The van der Waals surface area contributed by atoms with Crippen LogP contribution < -0.4 is 5.73 Å². The second-order valence-corrected chi connectivity index (χ2v) is 5.52. The van der Waals surface area contributed by atoms with Crippen molar-refractivity contribution >= 4 is 0 Å². The van der Waals surface area contributed by atoms with Gasteiger partial charge < -0.3 is 5.73 Å². The fourth-order valence-corrected chi connectivity index (χ4v) is 3.02. The molecule has 2 N–H and O–H groups in total. The molecule has 1 aliphatic carbocycles. The first-order valence-electron chi connectivity index (χ1n) is 6.18. The summed E-state index contributed by atoms with van der Waals surface area (Å²) in [4.78, 5) is 2.60. The van der Waals surface area contributed by atoms with Crippen LogP contribution in [-0.2, 0) is 0 Å². The molecule has 0 aromatic heterocycles. The zero-order valence-corrected chi connectivity index (χ0v) is 9.47. The molecule has 0 aromatic carbocycles. The van der Waals surface area contributed by atoms with E-state index >= 15 is 0 Å². The van der Waals surface area contributed by atoms with Gasteiger partial charge in [0, 0.05) is 25.7 Å². The van der Waals surface area contributed by atoms with Crippen molar-refractivity contribution in [1.29, 1.82) is 0 Å². The molecule has 1 atom stereocenters. The number of nitrogens with zero attached hydrogens (tertiary/aromatic N) is 1. The van der Waals surface area contributed by atoms with E-state index in [0.29, 0.717) is 11.5 Å². The Morgan fingerprint density at radius 1 is 1.29 bits per heavy atom. The average Bonchev–Trinajstić information content (AvgIpc) is 2.15. The summed E-state index contributed by atoms with van der Waals surface area (Å²) in [5.41, 5.74) is 6.33. The molecule has 1 aliphatic heterocycles. The van der Waals surface area contributed by atoms with Gasteiger partial charge in [-0.2, -0.15) is 0 Å². The third-order valence-electron chi connectivity index (χ3n) is 4.18. The molecule has 2 aliphatic rings. The second kappa shape index (κ2) is 4.19. The fraction of sp³-hybridized carbons (Fsp3) is 1.00. The van der Waals surface area contributed by atoms with E-state index in [0.717, 1.165) is 6.54 Å². The van der Waals surface area contributed by atoms with Crippen molar-refractivity contribution in [2.45, 2.75) is 51.5 Å². The van der Waals surface area contributed by atoms with Crippen molar-refractivity contribution in [3.8, 4) is 0 Å². The molecule has 14 heavy (non-hydrogen) atoms. The lowest BCUT2D eigenvalue weighted by molar-refractivity contribution is 0.0310. The van der Waals surface area contributed by atoms with Gasteiger partial charge in [0.1, 0.15) is 0 Å². The Labute approximate surface area is 87.8 Å². The number of nitrogens with two attached hydrogens (primary N) is 1. The van der Waals surface area contributed by atoms with Gasteiger partial charge in [0.15, 0.2) is 0 Å². The molecule has 0 spiro atoms. The van der Waals surface area contributed by atoms with E-state index in [1.165, 1.54) is 51.6 Å². The van der Waals surface area contributed by atoms with E-state index < -0.39 is 0 Å². The summed E-state index contributed by atoms with van der Waals surface area (Å²) >= 11 is 0.